The van der Waals surface area contributed by atoms with E-state index < -0.39 is 0 Å². The number of benzene rings is 9. The largest absolute Gasteiger partial charge is 0.355 e. The van der Waals surface area contributed by atoms with E-state index in [1.807, 2.05) is 0 Å². The summed E-state index contributed by atoms with van der Waals surface area (Å²) in [5, 5.41) is 3.81. The first-order valence-corrected chi connectivity index (χ1v) is 21.3. The topological polar surface area (TPSA) is 15.3 Å². The molecule has 0 aromatic heterocycles. The fourth-order valence-electron chi connectivity index (χ4n) is 10.1. The number of hydrogen-bond donors (Lipinski definition) is 1. The van der Waals surface area contributed by atoms with Crippen molar-refractivity contribution >= 4 is 28.4 Å². The molecular weight excluding hydrogens is 737 g/mol. The van der Waals surface area contributed by atoms with Crippen molar-refractivity contribution in [3.05, 3.63) is 245 Å². The Bertz CT molecular complexity index is 3070. The first-order valence-electron chi connectivity index (χ1n) is 21.3. The van der Waals surface area contributed by atoms with Crippen molar-refractivity contribution in [2.75, 3.05) is 10.2 Å². The molecule has 0 fully saturated rings. The third-order valence-corrected chi connectivity index (χ3v) is 13.0. The number of fused-ring (bicyclic) bond motifs is 10. The Kier molecular flexibility index (Phi) is 8.65. The molecule has 292 valence electrons. The van der Waals surface area contributed by atoms with Gasteiger partial charge in [0.25, 0.3) is 0 Å². The van der Waals surface area contributed by atoms with Gasteiger partial charge in [0.05, 0.1) is 5.41 Å². The summed E-state index contributed by atoms with van der Waals surface area (Å²) in [5.41, 5.74) is 25.6. The van der Waals surface area contributed by atoms with Crippen LogP contribution >= 0.6 is 0 Å². The van der Waals surface area contributed by atoms with Crippen LogP contribution in [0.2, 0.25) is 0 Å². The van der Waals surface area contributed by atoms with Gasteiger partial charge in [0.15, 0.2) is 0 Å². The summed E-state index contributed by atoms with van der Waals surface area (Å²) in [6.07, 6.45) is 0. The predicted molar refractivity (Wildman–Crippen MR) is 257 cm³/mol. The van der Waals surface area contributed by atoms with Crippen molar-refractivity contribution in [2.45, 2.75) is 33.1 Å². The lowest BCUT2D eigenvalue weighted by atomic mass is 9.69. The molecule has 0 saturated carbocycles. The second-order valence-corrected chi connectivity index (χ2v) is 16.9. The van der Waals surface area contributed by atoms with Gasteiger partial charge in [-0.05, 0) is 161 Å². The molecule has 0 saturated heterocycles. The molecular formula is C59H46N2. The molecule has 11 rings (SSSR count). The van der Waals surface area contributed by atoms with E-state index in [-0.39, 0.29) is 5.41 Å². The van der Waals surface area contributed by atoms with Gasteiger partial charge in [-0.3, -0.25) is 0 Å². The van der Waals surface area contributed by atoms with Crippen molar-refractivity contribution in [1.82, 2.24) is 0 Å². The highest BCUT2D eigenvalue weighted by Crippen LogP contribution is 2.63. The quantitative estimate of drug-likeness (QED) is 0.173. The van der Waals surface area contributed by atoms with Gasteiger partial charge >= 0.3 is 0 Å². The Morgan fingerprint density at radius 2 is 0.836 bits per heavy atom. The molecule has 2 aliphatic rings. The van der Waals surface area contributed by atoms with E-state index in [4.69, 9.17) is 0 Å². The molecule has 1 N–H and O–H groups in total. The molecule has 9 aromatic carbocycles. The van der Waals surface area contributed by atoms with E-state index >= 15 is 0 Å². The lowest BCUT2D eigenvalue weighted by Gasteiger charge is -2.31. The van der Waals surface area contributed by atoms with E-state index in [1.165, 1.54) is 83.5 Å². The molecule has 1 unspecified atom stereocenters. The number of rotatable bonds is 7. The van der Waals surface area contributed by atoms with E-state index in [0.29, 0.717) is 0 Å². The highest BCUT2D eigenvalue weighted by atomic mass is 15.1. The van der Waals surface area contributed by atoms with Gasteiger partial charge < -0.3 is 10.2 Å². The van der Waals surface area contributed by atoms with E-state index in [0.717, 1.165) is 34.0 Å². The summed E-state index contributed by atoms with van der Waals surface area (Å²) >= 11 is 0. The maximum atomic E-state index is 3.81. The van der Waals surface area contributed by atoms with Crippen LogP contribution < -0.4 is 10.2 Å². The molecule has 0 aliphatic heterocycles. The third-order valence-electron chi connectivity index (χ3n) is 13.0. The van der Waals surface area contributed by atoms with Crippen molar-refractivity contribution in [2.24, 2.45) is 0 Å². The molecule has 2 aliphatic carbocycles. The zero-order chi connectivity index (χ0) is 41.2. The second kappa shape index (κ2) is 14.4. The van der Waals surface area contributed by atoms with Crippen LogP contribution in [-0.4, -0.2) is 0 Å². The van der Waals surface area contributed by atoms with Crippen LogP contribution in [0.4, 0.5) is 28.4 Å². The Hall–Kier alpha value is -7.42. The Morgan fingerprint density at radius 1 is 0.361 bits per heavy atom. The summed E-state index contributed by atoms with van der Waals surface area (Å²) in [4.78, 5) is 2.33. The normalized spacial score (nSPS) is 14.3. The average Bonchev–Trinajstić information content (AvgIpc) is 3.76. The number of aryl methyl sites for hydroxylation is 4. The number of nitrogens with one attached hydrogen (secondary N) is 1. The van der Waals surface area contributed by atoms with Gasteiger partial charge in [-0.15, -0.1) is 0 Å². The number of anilines is 5. The molecule has 0 bridgehead atoms. The van der Waals surface area contributed by atoms with Crippen LogP contribution in [-0.2, 0) is 5.41 Å². The highest BCUT2D eigenvalue weighted by molar-refractivity contribution is 5.97. The first kappa shape index (κ1) is 36.6. The summed E-state index contributed by atoms with van der Waals surface area (Å²) in [6.45, 7) is 8.69. The van der Waals surface area contributed by atoms with E-state index in [9.17, 15) is 0 Å². The van der Waals surface area contributed by atoms with Crippen LogP contribution in [0.25, 0.3) is 44.5 Å². The molecule has 1 atom stereocenters. The maximum Gasteiger partial charge on any atom is 0.0728 e. The second-order valence-electron chi connectivity index (χ2n) is 16.9. The lowest BCUT2D eigenvalue weighted by molar-refractivity contribution is 0.786. The number of nitrogens with zero attached hydrogens (tertiary/aromatic N) is 1. The summed E-state index contributed by atoms with van der Waals surface area (Å²) < 4.78 is 0. The van der Waals surface area contributed by atoms with Crippen LogP contribution in [0.1, 0.15) is 44.5 Å². The molecule has 0 amide bonds. The van der Waals surface area contributed by atoms with Crippen molar-refractivity contribution in [3.8, 4) is 44.5 Å². The van der Waals surface area contributed by atoms with Crippen LogP contribution in [0, 0.1) is 27.7 Å². The SMILES string of the molecule is Cc1ccc(Nc2ccc(-c3ccc(N(c4ccc(C)cc4)c4ccc(C)cc4)cc3)cc2-c2ccc3c(c2)-c2ccccc2C32c3ccccc3-c3cccc(C)c32)cc1. The minimum absolute atomic E-state index is 0.376. The van der Waals surface area contributed by atoms with Gasteiger partial charge in [-0.2, -0.15) is 0 Å². The van der Waals surface area contributed by atoms with Crippen LogP contribution in [0.5, 0.6) is 0 Å². The summed E-state index contributed by atoms with van der Waals surface area (Å²) in [5.74, 6) is 0. The highest BCUT2D eigenvalue weighted by Gasteiger charge is 2.52. The third kappa shape index (κ3) is 5.93. The molecule has 2 nitrogen and oxygen atoms in total. The average molecular weight is 783 g/mol. The Morgan fingerprint density at radius 3 is 1.46 bits per heavy atom. The molecule has 2 heteroatoms. The smallest absolute Gasteiger partial charge is 0.0728 e. The van der Waals surface area contributed by atoms with Gasteiger partial charge in [-0.1, -0.05) is 150 Å². The summed E-state index contributed by atoms with van der Waals surface area (Å²) in [6, 6.07) is 74.3. The van der Waals surface area contributed by atoms with E-state index in [1.54, 1.807) is 0 Å². The van der Waals surface area contributed by atoms with Crippen molar-refractivity contribution in [1.29, 1.82) is 0 Å². The van der Waals surface area contributed by atoms with Crippen molar-refractivity contribution in [3.63, 3.8) is 0 Å². The fourth-order valence-corrected chi connectivity index (χ4v) is 10.1. The summed E-state index contributed by atoms with van der Waals surface area (Å²) in [7, 11) is 0. The van der Waals surface area contributed by atoms with Crippen molar-refractivity contribution < 1.29 is 0 Å². The first-order chi connectivity index (χ1) is 29.9. The minimum atomic E-state index is -0.376. The Labute approximate surface area is 359 Å². The fraction of sp³-hybridized carbons (Fsp3) is 0.0847. The Balaban J connectivity index is 1.05. The molecule has 9 aromatic rings. The molecule has 61 heavy (non-hydrogen) atoms. The molecule has 0 heterocycles. The van der Waals surface area contributed by atoms with Crippen LogP contribution in [0.3, 0.4) is 0 Å². The standard InChI is InChI=1S/C59H46N2/c1-38-16-26-45(27-17-38)60-57-35-25-43(42-22-32-48(33-23-42)61(46-28-18-39(2)19-29-46)47-30-20-40(3)21-31-47)36-52(57)44-24-34-56-53(37-44)50-12-6-8-15-55(50)59(56)54-14-7-5-11-49(54)51-13-9-10-41(4)58(51)59/h5-37,60H,1-4H3. The molecule has 0 radical (unpaired) electrons. The maximum absolute atomic E-state index is 3.81. The van der Waals surface area contributed by atoms with Gasteiger partial charge in [0, 0.05) is 34.0 Å². The van der Waals surface area contributed by atoms with Gasteiger partial charge in [-0.25, -0.2) is 0 Å². The van der Waals surface area contributed by atoms with Crippen LogP contribution in [0.15, 0.2) is 200 Å². The zero-order valence-electron chi connectivity index (χ0n) is 35.0. The predicted octanol–water partition coefficient (Wildman–Crippen LogP) is 15.8. The molecule has 1 spiro atoms. The minimum Gasteiger partial charge on any atom is -0.355 e. The van der Waals surface area contributed by atoms with Gasteiger partial charge in [0.2, 0.25) is 0 Å². The lowest BCUT2D eigenvalue weighted by Crippen LogP contribution is -2.26. The number of hydrogen-bond acceptors (Lipinski definition) is 2. The monoisotopic (exact) mass is 782 g/mol. The van der Waals surface area contributed by atoms with E-state index in [2.05, 4.69) is 238 Å². The van der Waals surface area contributed by atoms with Gasteiger partial charge in [0.1, 0.15) is 0 Å². The zero-order valence-corrected chi connectivity index (χ0v) is 35.0.